The molecule has 9 heavy (non-hydrogen) atoms. The van der Waals surface area contributed by atoms with E-state index in [0.29, 0.717) is 5.76 Å². The van der Waals surface area contributed by atoms with E-state index in [1.807, 2.05) is 0 Å². The second kappa shape index (κ2) is 4.55. The number of hydrogen-bond donors (Lipinski definition) is 0. The third kappa shape index (κ3) is 4.20. The van der Waals surface area contributed by atoms with Crippen LogP contribution in [0.2, 0.25) is 0 Å². The van der Waals surface area contributed by atoms with E-state index in [1.165, 1.54) is 12.2 Å². The van der Waals surface area contributed by atoms with Crippen LogP contribution in [0.3, 0.4) is 0 Å². The van der Waals surface area contributed by atoms with Gasteiger partial charge in [0, 0.05) is 6.08 Å². The summed E-state index contributed by atoms with van der Waals surface area (Å²) in [6.07, 6.45) is 2.61. The standard InChI is InChI=1S/C6H7IO2/c1-3-6(8)4-5(2)9-7/h3-4H,1H2,2H3/b5-4-. The Balaban J connectivity index is 3.94. The van der Waals surface area contributed by atoms with Crippen LogP contribution in [0.5, 0.6) is 0 Å². The molecule has 0 bridgehead atoms. The number of ketones is 1. The molecule has 50 valence electrons. The highest BCUT2D eigenvalue weighted by Gasteiger charge is 1.90. The van der Waals surface area contributed by atoms with Gasteiger partial charge in [-0.05, 0) is 13.0 Å². The monoisotopic (exact) mass is 238 g/mol. The molecule has 0 aliphatic heterocycles. The molecule has 3 heteroatoms. The summed E-state index contributed by atoms with van der Waals surface area (Å²) < 4.78 is 4.69. The Hall–Kier alpha value is -0.320. The topological polar surface area (TPSA) is 26.3 Å². The van der Waals surface area contributed by atoms with E-state index in [2.05, 4.69) is 9.65 Å². The first kappa shape index (κ1) is 8.68. The van der Waals surface area contributed by atoms with Crippen LogP contribution in [-0.4, -0.2) is 5.78 Å². The quantitative estimate of drug-likeness (QED) is 0.427. The van der Waals surface area contributed by atoms with E-state index in [4.69, 9.17) is 0 Å². The first-order valence-electron chi connectivity index (χ1n) is 2.34. The van der Waals surface area contributed by atoms with Crippen LogP contribution < -0.4 is 0 Å². The maximum Gasteiger partial charge on any atom is 0.192 e. The van der Waals surface area contributed by atoms with Crippen molar-refractivity contribution in [2.75, 3.05) is 0 Å². The summed E-state index contributed by atoms with van der Waals surface area (Å²) >= 11 is 1.71. The Labute approximate surface area is 68.3 Å². The molecule has 0 fully saturated rings. The molecular weight excluding hydrogens is 231 g/mol. The first-order valence-corrected chi connectivity index (χ1v) is 3.22. The molecule has 0 heterocycles. The van der Waals surface area contributed by atoms with Crippen molar-refractivity contribution >= 4 is 28.8 Å². The molecule has 0 saturated carbocycles. The minimum atomic E-state index is -0.135. The first-order chi connectivity index (χ1) is 4.20. The molecule has 0 atom stereocenters. The Kier molecular flexibility index (Phi) is 4.39. The van der Waals surface area contributed by atoms with Crippen molar-refractivity contribution in [3.05, 3.63) is 24.5 Å². The summed E-state index contributed by atoms with van der Waals surface area (Å²) in [5, 5.41) is 0. The van der Waals surface area contributed by atoms with Crippen LogP contribution in [0.4, 0.5) is 0 Å². The van der Waals surface area contributed by atoms with Crippen LogP contribution in [0.1, 0.15) is 6.92 Å². The van der Waals surface area contributed by atoms with Gasteiger partial charge in [0.15, 0.2) is 28.8 Å². The van der Waals surface area contributed by atoms with Crippen LogP contribution in [0, 0.1) is 0 Å². The third-order valence-electron chi connectivity index (χ3n) is 0.668. The van der Waals surface area contributed by atoms with E-state index in [-0.39, 0.29) is 5.78 Å². The second-order valence-corrected chi connectivity index (χ2v) is 1.88. The van der Waals surface area contributed by atoms with Gasteiger partial charge in [0.1, 0.15) is 5.76 Å². The van der Waals surface area contributed by atoms with Gasteiger partial charge >= 0.3 is 0 Å². The maximum absolute atomic E-state index is 10.5. The normalized spacial score (nSPS) is 10.7. The molecule has 0 rings (SSSR count). The average molecular weight is 238 g/mol. The number of rotatable bonds is 3. The Morgan fingerprint density at radius 3 is 2.67 bits per heavy atom. The molecule has 0 aliphatic rings. The lowest BCUT2D eigenvalue weighted by atomic mass is 10.3. The Morgan fingerprint density at radius 2 is 2.33 bits per heavy atom. The number of halogens is 1. The zero-order valence-corrected chi connectivity index (χ0v) is 7.21. The molecule has 0 aromatic heterocycles. The van der Waals surface area contributed by atoms with Gasteiger partial charge in [0.05, 0.1) is 0 Å². The van der Waals surface area contributed by atoms with Crippen molar-refractivity contribution in [2.45, 2.75) is 6.92 Å². The van der Waals surface area contributed by atoms with Gasteiger partial charge in [-0.3, -0.25) is 4.79 Å². The molecule has 0 saturated heterocycles. The van der Waals surface area contributed by atoms with Crippen molar-refractivity contribution in [1.82, 2.24) is 0 Å². The molecule has 0 amide bonds. The fourth-order valence-corrected chi connectivity index (χ4v) is 0.409. The lowest BCUT2D eigenvalue weighted by Gasteiger charge is -1.90. The fourth-order valence-electron chi connectivity index (χ4n) is 0.282. The molecule has 0 aliphatic carbocycles. The maximum atomic E-state index is 10.5. The van der Waals surface area contributed by atoms with E-state index in [1.54, 1.807) is 29.9 Å². The van der Waals surface area contributed by atoms with Crippen molar-refractivity contribution in [3.63, 3.8) is 0 Å². The molecule has 0 spiro atoms. The van der Waals surface area contributed by atoms with E-state index >= 15 is 0 Å². The minimum absolute atomic E-state index is 0.135. The summed E-state index contributed by atoms with van der Waals surface area (Å²) in [7, 11) is 0. The fraction of sp³-hybridized carbons (Fsp3) is 0.167. The van der Waals surface area contributed by atoms with Crippen molar-refractivity contribution in [2.24, 2.45) is 0 Å². The average Bonchev–Trinajstić information content (AvgIpc) is 1.87. The van der Waals surface area contributed by atoms with Gasteiger partial charge in [0.2, 0.25) is 0 Å². The second-order valence-electron chi connectivity index (χ2n) is 1.44. The molecule has 0 radical (unpaired) electrons. The molecule has 0 aromatic carbocycles. The van der Waals surface area contributed by atoms with Crippen molar-refractivity contribution in [3.8, 4) is 0 Å². The summed E-state index contributed by atoms with van der Waals surface area (Å²) in [5.74, 6) is 0.449. The van der Waals surface area contributed by atoms with Gasteiger partial charge < -0.3 is 3.07 Å². The van der Waals surface area contributed by atoms with Gasteiger partial charge in [-0.2, -0.15) is 0 Å². The molecule has 0 unspecified atom stereocenters. The molecule has 0 aromatic rings. The van der Waals surface area contributed by atoms with Gasteiger partial charge in [0.25, 0.3) is 0 Å². The smallest absolute Gasteiger partial charge is 0.192 e. The zero-order chi connectivity index (χ0) is 7.28. The largest absolute Gasteiger partial charge is 0.432 e. The van der Waals surface area contributed by atoms with E-state index < -0.39 is 0 Å². The van der Waals surface area contributed by atoms with Gasteiger partial charge in [-0.1, -0.05) is 6.58 Å². The molecular formula is C6H7IO2. The van der Waals surface area contributed by atoms with E-state index in [0.717, 1.165) is 0 Å². The highest BCUT2D eigenvalue weighted by Crippen LogP contribution is 2.00. The van der Waals surface area contributed by atoms with Crippen LogP contribution >= 0.6 is 23.0 Å². The zero-order valence-electron chi connectivity index (χ0n) is 5.06. The number of carbonyl (C=O) groups excluding carboxylic acids is 1. The number of carbonyl (C=O) groups is 1. The Bertz CT molecular complexity index is 149. The summed E-state index contributed by atoms with van der Waals surface area (Å²) in [4.78, 5) is 10.5. The highest BCUT2D eigenvalue weighted by molar-refractivity contribution is 14.1. The van der Waals surface area contributed by atoms with Gasteiger partial charge in [-0.15, -0.1) is 0 Å². The highest BCUT2D eigenvalue weighted by atomic mass is 127. The van der Waals surface area contributed by atoms with Crippen LogP contribution in [0.25, 0.3) is 0 Å². The van der Waals surface area contributed by atoms with Crippen molar-refractivity contribution < 1.29 is 7.86 Å². The Morgan fingerprint density at radius 1 is 1.78 bits per heavy atom. The molecule has 0 N–H and O–H groups in total. The van der Waals surface area contributed by atoms with E-state index in [9.17, 15) is 4.79 Å². The minimum Gasteiger partial charge on any atom is -0.432 e. The van der Waals surface area contributed by atoms with Crippen molar-refractivity contribution in [1.29, 1.82) is 0 Å². The predicted octanol–water partition coefficient (Wildman–Crippen LogP) is 2.01. The number of allylic oxidation sites excluding steroid dienone is 3. The van der Waals surface area contributed by atoms with Gasteiger partial charge in [-0.25, -0.2) is 0 Å². The predicted molar refractivity (Wildman–Crippen MR) is 44.1 cm³/mol. The van der Waals surface area contributed by atoms with Crippen LogP contribution in [0.15, 0.2) is 24.5 Å². The lowest BCUT2D eigenvalue weighted by Crippen LogP contribution is -1.86. The summed E-state index contributed by atoms with van der Waals surface area (Å²) in [6, 6.07) is 0. The molecule has 2 nitrogen and oxygen atoms in total. The summed E-state index contributed by atoms with van der Waals surface area (Å²) in [5.41, 5.74) is 0. The third-order valence-corrected chi connectivity index (χ3v) is 1.36. The summed E-state index contributed by atoms with van der Waals surface area (Å²) in [6.45, 7) is 5.00. The number of hydrogen-bond acceptors (Lipinski definition) is 2. The lowest BCUT2D eigenvalue weighted by molar-refractivity contribution is -0.110. The van der Waals surface area contributed by atoms with Crippen LogP contribution in [-0.2, 0) is 7.86 Å². The SMILES string of the molecule is C=CC(=O)/C=C(/C)OI.